The standard InChI is InChI=1S/C20H17N3O5/c1-11-3-7-14(8-4-11)23-18(25)15(17(24)22-20(23)28)10-21-16-9-13(19(26)27)6-5-12(16)2/h3-10,25H,1-2H3,(H,26,27)(H,22,24,28). The zero-order valence-corrected chi connectivity index (χ0v) is 15.1. The van der Waals surface area contributed by atoms with Crippen LogP contribution in [0.2, 0.25) is 0 Å². The first kappa shape index (κ1) is 18.8. The van der Waals surface area contributed by atoms with Crippen molar-refractivity contribution in [2.45, 2.75) is 13.8 Å². The minimum absolute atomic E-state index is 0.0421. The molecule has 3 aromatic rings. The van der Waals surface area contributed by atoms with Crippen molar-refractivity contribution >= 4 is 17.9 Å². The topological polar surface area (TPSA) is 125 Å². The Balaban J connectivity index is 2.12. The van der Waals surface area contributed by atoms with Crippen molar-refractivity contribution in [3.05, 3.63) is 85.6 Å². The number of benzene rings is 2. The van der Waals surface area contributed by atoms with E-state index in [1.165, 1.54) is 12.1 Å². The van der Waals surface area contributed by atoms with Crippen LogP contribution in [0.3, 0.4) is 0 Å². The van der Waals surface area contributed by atoms with Gasteiger partial charge in [-0.1, -0.05) is 23.8 Å². The van der Waals surface area contributed by atoms with Gasteiger partial charge in [0.1, 0.15) is 5.56 Å². The van der Waals surface area contributed by atoms with Gasteiger partial charge in [0.25, 0.3) is 5.56 Å². The summed E-state index contributed by atoms with van der Waals surface area (Å²) in [5.74, 6) is -1.67. The number of carbonyl (C=O) groups is 1. The predicted octanol–water partition coefficient (Wildman–Crippen LogP) is 2.30. The number of nitrogens with zero attached hydrogens (tertiary/aromatic N) is 2. The van der Waals surface area contributed by atoms with E-state index < -0.39 is 23.1 Å². The Morgan fingerprint density at radius 1 is 1.11 bits per heavy atom. The summed E-state index contributed by atoms with van der Waals surface area (Å²) in [5, 5.41) is 19.6. The molecule has 1 heterocycles. The van der Waals surface area contributed by atoms with E-state index >= 15 is 0 Å². The normalized spacial score (nSPS) is 11.1. The minimum atomic E-state index is -1.11. The first-order valence-corrected chi connectivity index (χ1v) is 8.31. The molecule has 142 valence electrons. The van der Waals surface area contributed by atoms with Gasteiger partial charge in [0.05, 0.1) is 16.9 Å². The molecule has 0 amide bonds. The zero-order chi connectivity index (χ0) is 20.4. The third-order valence-electron chi connectivity index (χ3n) is 4.20. The lowest BCUT2D eigenvalue weighted by Crippen LogP contribution is -2.31. The van der Waals surface area contributed by atoms with Crippen LogP contribution in [0.1, 0.15) is 27.0 Å². The summed E-state index contributed by atoms with van der Waals surface area (Å²) >= 11 is 0. The van der Waals surface area contributed by atoms with E-state index in [0.717, 1.165) is 16.3 Å². The third-order valence-corrected chi connectivity index (χ3v) is 4.20. The fraction of sp³-hybridized carbons (Fsp3) is 0.100. The van der Waals surface area contributed by atoms with Crippen LogP contribution in [0.5, 0.6) is 5.88 Å². The van der Waals surface area contributed by atoms with Crippen LogP contribution in [0.4, 0.5) is 5.69 Å². The predicted molar refractivity (Wildman–Crippen MR) is 104 cm³/mol. The van der Waals surface area contributed by atoms with E-state index in [-0.39, 0.29) is 11.1 Å². The maximum absolute atomic E-state index is 12.2. The van der Waals surface area contributed by atoms with Crippen molar-refractivity contribution in [1.29, 1.82) is 0 Å². The van der Waals surface area contributed by atoms with Gasteiger partial charge >= 0.3 is 11.7 Å². The molecule has 8 heteroatoms. The Morgan fingerprint density at radius 2 is 1.79 bits per heavy atom. The van der Waals surface area contributed by atoms with Crippen LogP contribution in [-0.2, 0) is 0 Å². The molecule has 0 aliphatic rings. The molecule has 8 nitrogen and oxygen atoms in total. The molecule has 3 N–H and O–H groups in total. The van der Waals surface area contributed by atoms with Crippen molar-refractivity contribution < 1.29 is 15.0 Å². The summed E-state index contributed by atoms with van der Waals surface area (Å²) in [7, 11) is 0. The van der Waals surface area contributed by atoms with E-state index in [1.807, 2.05) is 6.92 Å². The van der Waals surface area contributed by atoms with Gasteiger partial charge in [0.15, 0.2) is 0 Å². The Kier molecular flexibility index (Phi) is 4.95. The molecular formula is C20H17N3O5. The number of carboxylic acid groups (broad SMARTS) is 1. The fourth-order valence-corrected chi connectivity index (χ4v) is 2.60. The maximum Gasteiger partial charge on any atom is 0.335 e. The number of aromatic hydroxyl groups is 1. The maximum atomic E-state index is 12.2. The van der Waals surface area contributed by atoms with Crippen LogP contribution in [0, 0.1) is 13.8 Å². The molecule has 0 saturated heterocycles. The van der Waals surface area contributed by atoms with Gasteiger partial charge in [-0.15, -0.1) is 0 Å². The Morgan fingerprint density at radius 3 is 2.43 bits per heavy atom. The highest BCUT2D eigenvalue weighted by Gasteiger charge is 2.14. The number of aryl methyl sites for hydroxylation is 2. The second-order valence-corrected chi connectivity index (χ2v) is 6.23. The SMILES string of the molecule is Cc1ccc(-n2c(O)c(C=Nc3cc(C(=O)O)ccc3C)c(=O)[nH]c2=O)cc1. The van der Waals surface area contributed by atoms with E-state index in [0.29, 0.717) is 16.9 Å². The molecule has 0 bridgehead atoms. The van der Waals surface area contributed by atoms with Crippen molar-refractivity contribution in [3.63, 3.8) is 0 Å². The lowest BCUT2D eigenvalue weighted by Gasteiger charge is -2.10. The summed E-state index contributed by atoms with van der Waals surface area (Å²) < 4.78 is 0.961. The van der Waals surface area contributed by atoms with Crippen LogP contribution < -0.4 is 11.2 Å². The van der Waals surface area contributed by atoms with Crippen molar-refractivity contribution in [3.8, 4) is 11.6 Å². The van der Waals surface area contributed by atoms with Crippen molar-refractivity contribution in [1.82, 2.24) is 9.55 Å². The average molecular weight is 379 g/mol. The molecule has 0 spiro atoms. The molecule has 28 heavy (non-hydrogen) atoms. The molecular weight excluding hydrogens is 362 g/mol. The number of nitrogens with one attached hydrogen (secondary N) is 1. The fourth-order valence-electron chi connectivity index (χ4n) is 2.60. The minimum Gasteiger partial charge on any atom is -0.493 e. The molecule has 3 rings (SSSR count). The first-order chi connectivity index (χ1) is 13.3. The lowest BCUT2D eigenvalue weighted by atomic mass is 10.1. The number of aromatic amines is 1. The largest absolute Gasteiger partial charge is 0.493 e. The Labute approximate surface area is 159 Å². The lowest BCUT2D eigenvalue weighted by molar-refractivity contribution is 0.0697. The van der Waals surface area contributed by atoms with Gasteiger partial charge in [0.2, 0.25) is 5.88 Å². The van der Waals surface area contributed by atoms with Crippen molar-refractivity contribution in [2.24, 2.45) is 4.99 Å². The van der Waals surface area contributed by atoms with E-state index in [4.69, 9.17) is 5.11 Å². The molecule has 0 radical (unpaired) electrons. The molecule has 0 aliphatic heterocycles. The van der Waals surface area contributed by atoms with Crippen LogP contribution in [-0.4, -0.2) is 31.9 Å². The molecule has 2 aromatic carbocycles. The molecule has 0 unspecified atom stereocenters. The van der Waals surface area contributed by atoms with Crippen LogP contribution >= 0.6 is 0 Å². The molecule has 1 aromatic heterocycles. The van der Waals surface area contributed by atoms with Gasteiger partial charge in [-0.3, -0.25) is 14.8 Å². The summed E-state index contributed by atoms with van der Waals surface area (Å²) in [6, 6.07) is 11.2. The highest BCUT2D eigenvalue weighted by Crippen LogP contribution is 2.21. The number of carboxylic acids is 1. The molecule has 0 aliphatic carbocycles. The number of hydrogen-bond donors (Lipinski definition) is 3. The summed E-state index contributed by atoms with van der Waals surface area (Å²) in [6.07, 6.45) is 1.10. The van der Waals surface area contributed by atoms with Gasteiger partial charge in [-0.25, -0.2) is 14.2 Å². The molecule has 0 atom stereocenters. The smallest absolute Gasteiger partial charge is 0.335 e. The van der Waals surface area contributed by atoms with E-state index in [9.17, 15) is 19.5 Å². The van der Waals surface area contributed by atoms with Gasteiger partial charge in [-0.2, -0.15) is 0 Å². The third kappa shape index (κ3) is 3.61. The summed E-state index contributed by atoms with van der Waals surface area (Å²) in [4.78, 5) is 41.8. The molecule has 0 saturated carbocycles. The van der Waals surface area contributed by atoms with E-state index in [2.05, 4.69) is 9.98 Å². The second kappa shape index (κ2) is 7.36. The number of rotatable bonds is 4. The highest BCUT2D eigenvalue weighted by atomic mass is 16.4. The Hall–Kier alpha value is -3.94. The average Bonchev–Trinajstić information content (AvgIpc) is 2.64. The number of aromatic nitrogens is 2. The summed E-state index contributed by atoms with van der Waals surface area (Å²) in [6.45, 7) is 3.61. The number of aromatic carboxylic acids is 1. The van der Waals surface area contributed by atoms with Gasteiger partial charge in [0, 0.05) is 6.21 Å². The Bertz CT molecular complexity index is 1200. The van der Waals surface area contributed by atoms with Crippen LogP contribution in [0.25, 0.3) is 5.69 Å². The monoisotopic (exact) mass is 379 g/mol. The first-order valence-electron chi connectivity index (χ1n) is 8.31. The second-order valence-electron chi connectivity index (χ2n) is 6.23. The quantitative estimate of drug-likeness (QED) is 0.600. The van der Waals surface area contributed by atoms with Gasteiger partial charge < -0.3 is 10.2 Å². The van der Waals surface area contributed by atoms with Crippen LogP contribution in [0.15, 0.2) is 57.0 Å². The van der Waals surface area contributed by atoms with E-state index in [1.54, 1.807) is 37.3 Å². The number of aliphatic imine (C=N–C) groups is 1. The van der Waals surface area contributed by atoms with Crippen molar-refractivity contribution in [2.75, 3.05) is 0 Å². The zero-order valence-electron chi connectivity index (χ0n) is 15.1. The summed E-state index contributed by atoms with van der Waals surface area (Å²) in [5.41, 5.74) is 0.588. The number of H-pyrrole nitrogens is 1. The van der Waals surface area contributed by atoms with Gasteiger partial charge in [-0.05, 0) is 43.7 Å². The molecule has 0 fully saturated rings. The number of hydrogen-bond acceptors (Lipinski definition) is 5. The highest BCUT2D eigenvalue weighted by molar-refractivity contribution is 5.90.